The van der Waals surface area contributed by atoms with Crippen molar-refractivity contribution in [2.45, 2.75) is 82.2 Å². The molecule has 232 valence electrons. The number of hydrogen-bond donors (Lipinski definition) is 3. The van der Waals surface area contributed by atoms with Crippen LogP contribution < -0.4 is 5.32 Å². The lowest BCUT2D eigenvalue weighted by molar-refractivity contribution is 0.505. The Hall–Kier alpha value is -4.42. The largest absolute Gasteiger partial charge is 0.342 e. The van der Waals surface area contributed by atoms with E-state index in [1.807, 2.05) is 12.4 Å². The second-order valence-electron chi connectivity index (χ2n) is 13.8. The number of nitrogens with one attached hydrogen (secondary N) is 3. The summed E-state index contributed by atoms with van der Waals surface area (Å²) in [5.41, 5.74) is 11.2. The topological polar surface area (TPSA) is 74.3 Å². The molecule has 3 aromatic carbocycles. The van der Waals surface area contributed by atoms with Gasteiger partial charge in [0, 0.05) is 39.6 Å². The Balaban J connectivity index is 1.13. The minimum Gasteiger partial charge on any atom is -0.342 e. The van der Waals surface area contributed by atoms with Gasteiger partial charge in [-0.3, -0.25) is 0 Å². The molecular formula is C40H42N6. The average molecular weight is 607 g/mol. The van der Waals surface area contributed by atoms with Crippen molar-refractivity contribution in [3.05, 3.63) is 108 Å². The van der Waals surface area contributed by atoms with Crippen molar-refractivity contribution < 1.29 is 0 Å². The van der Waals surface area contributed by atoms with E-state index >= 15 is 0 Å². The molecule has 1 aliphatic carbocycles. The highest BCUT2D eigenvalue weighted by Crippen LogP contribution is 2.49. The lowest BCUT2D eigenvalue weighted by Gasteiger charge is -2.35. The first-order chi connectivity index (χ1) is 22.7. The number of aromatic nitrogens is 5. The molecule has 46 heavy (non-hydrogen) atoms. The molecule has 0 spiro atoms. The Bertz CT molecular complexity index is 2000. The van der Waals surface area contributed by atoms with Crippen molar-refractivity contribution in [2.24, 2.45) is 0 Å². The van der Waals surface area contributed by atoms with Gasteiger partial charge in [-0.05, 0) is 73.2 Å². The van der Waals surface area contributed by atoms with Crippen LogP contribution in [0.2, 0.25) is 0 Å². The Morgan fingerprint density at radius 3 is 2.24 bits per heavy atom. The number of fused-ring (bicyclic) bond motifs is 5. The van der Waals surface area contributed by atoms with Gasteiger partial charge in [0.1, 0.15) is 11.6 Å². The number of rotatable bonds is 5. The van der Waals surface area contributed by atoms with Gasteiger partial charge < -0.3 is 19.9 Å². The molecule has 3 aromatic heterocycles. The van der Waals surface area contributed by atoms with E-state index < -0.39 is 0 Å². The van der Waals surface area contributed by atoms with Crippen LogP contribution in [-0.2, 0) is 0 Å². The maximum Gasteiger partial charge on any atom is 0.123 e. The highest BCUT2D eigenvalue weighted by Gasteiger charge is 2.34. The summed E-state index contributed by atoms with van der Waals surface area (Å²) in [6, 6.07) is 27.9. The lowest BCUT2D eigenvalue weighted by Crippen LogP contribution is -2.23. The molecule has 3 atom stereocenters. The molecule has 6 heteroatoms. The first kappa shape index (κ1) is 27.9. The summed E-state index contributed by atoms with van der Waals surface area (Å²) in [5, 5.41) is 4.84. The van der Waals surface area contributed by atoms with Gasteiger partial charge >= 0.3 is 0 Å². The molecule has 5 heterocycles. The van der Waals surface area contributed by atoms with Crippen molar-refractivity contribution in [3.8, 4) is 33.8 Å². The van der Waals surface area contributed by atoms with Gasteiger partial charge in [-0.25, -0.2) is 9.97 Å². The summed E-state index contributed by atoms with van der Waals surface area (Å²) < 4.78 is 2.59. The number of hydrogen-bond acceptors (Lipinski definition) is 3. The van der Waals surface area contributed by atoms with Crippen LogP contribution in [-0.4, -0.2) is 31.0 Å². The van der Waals surface area contributed by atoms with Gasteiger partial charge in [-0.15, -0.1) is 0 Å². The van der Waals surface area contributed by atoms with Crippen molar-refractivity contribution >= 4 is 10.9 Å². The van der Waals surface area contributed by atoms with Crippen molar-refractivity contribution in [2.75, 3.05) is 6.54 Å². The molecule has 2 fully saturated rings. The van der Waals surface area contributed by atoms with Gasteiger partial charge in [-0.2, -0.15) is 0 Å². The summed E-state index contributed by atoms with van der Waals surface area (Å²) in [6.07, 6.45) is 14.2. The molecule has 0 radical (unpaired) electrons. The Morgan fingerprint density at radius 1 is 0.717 bits per heavy atom. The molecule has 0 bridgehead atoms. The first-order valence-corrected chi connectivity index (χ1v) is 17.4. The maximum absolute atomic E-state index is 4.88. The Labute approximate surface area is 270 Å². The molecule has 6 nitrogen and oxygen atoms in total. The minimum atomic E-state index is 0.191. The van der Waals surface area contributed by atoms with Gasteiger partial charge in [0.05, 0.1) is 35.9 Å². The van der Waals surface area contributed by atoms with E-state index in [1.54, 1.807) is 0 Å². The summed E-state index contributed by atoms with van der Waals surface area (Å²) in [6.45, 7) is 3.46. The number of H-pyrrole nitrogens is 2. The third-order valence-corrected chi connectivity index (χ3v) is 11.0. The number of nitrogens with zero attached hydrogens (tertiary/aromatic N) is 3. The summed E-state index contributed by atoms with van der Waals surface area (Å²) in [5.74, 6) is 3.06. The molecule has 3 aliphatic rings. The molecule has 1 saturated heterocycles. The van der Waals surface area contributed by atoms with Crippen LogP contribution in [0.15, 0.2) is 85.2 Å². The lowest BCUT2D eigenvalue weighted by atomic mass is 9.81. The fraction of sp³-hybridized carbons (Fsp3) is 0.350. The van der Waals surface area contributed by atoms with Crippen LogP contribution in [0.1, 0.15) is 105 Å². The zero-order valence-corrected chi connectivity index (χ0v) is 26.6. The van der Waals surface area contributed by atoms with E-state index in [-0.39, 0.29) is 12.0 Å². The normalized spacial score (nSPS) is 21.7. The number of aromatic amines is 2. The van der Waals surface area contributed by atoms with Crippen LogP contribution in [0, 0.1) is 0 Å². The zero-order chi connectivity index (χ0) is 30.6. The molecule has 3 unspecified atom stereocenters. The molecule has 0 amide bonds. The smallest absolute Gasteiger partial charge is 0.123 e. The molecule has 2 aliphatic heterocycles. The van der Waals surface area contributed by atoms with E-state index in [2.05, 4.69) is 99.6 Å². The third-order valence-electron chi connectivity index (χ3n) is 11.0. The molecule has 3 N–H and O–H groups in total. The predicted molar refractivity (Wildman–Crippen MR) is 186 cm³/mol. The van der Waals surface area contributed by atoms with Crippen LogP contribution in [0.3, 0.4) is 0 Å². The summed E-state index contributed by atoms with van der Waals surface area (Å²) in [7, 11) is 0. The highest BCUT2D eigenvalue weighted by atomic mass is 15.1. The predicted octanol–water partition coefficient (Wildman–Crippen LogP) is 9.66. The number of benzene rings is 3. The quantitative estimate of drug-likeness (QED) is 0.171. The van der Waals surface area contributed by atoms with E-state index in [0.29, 0.717) is 12.0 Å². The fourth-order valence-electron chi connectivity index (χ4n) is 8.55. The van der Waals surface area contributed by atoms with Crippen LogP contribution in [0.4, 0.5) is 0 Å². The Kier molecular flexibility index (Phi) is 6.92. The third kappa shape index (κ3) is 4.73. The molecular weight excluding hydrogens is 564 g/mol. The molecule has 9 rings (SSSR count). The van der Waals surface area contributed by atoms with E-state index in [0.717, 1.165) is 30.2 Å². The second-order valence-corrected chi connectivity index (χ2v) is 13.8. The van der Waals surface area contributed by atoms with Gasteiger partial charge in [-0.1, -0.05) is 81.1 Å². The van der Waals surface area contributed by atoms with Crippen molar-refractivity contribution in [1.82, 2.24) is 29.8 Å². The zero-order valence-electron chi connectivity index (χ0n) is 26.6. The maximum atomic E-state index is 4.88. The first-order valence-electron chi connectivity index (χ1n) is 17.4. The van der Waals surface area contributed by atoms with Crippen LogP contribution in [0.25, 0.3) is 44.7 Å². The standard InChI is InChI=1S/C40H42N6/c1-25-32-21-29(35-24-43-40(45-35)33-14-9-19-41-33)15-17-31(32)37-22-30-20-28(34-23-42-39(44-34)27-12-5-2-3-6-13-27)16-18-36(30)46(37)38(25)26-10-7-4-8-11-26/h4,7-8,10-11,15-18,20-25,27,33,38,41H,2-3,5-6,9,12-14,19H2,1H3,(H,42,44)(H,43,45). The van der Waals surface area contributed by atoms with Crippen molar-refractivity contribution in [3.63, 3.8) is 0 Å². The van der Waals surface area contributed by atoms with Crippen LogP contribution >= 0.6 is 0 Å². The van der Waals surface area contributed by atoms with E-state index in [9.17, 15) is 0 Å². The molecule has 6 aromatic rings. The van der Waals surface area contributed by atoms with E-state index in [4.69, 9.17) is 9.97 Å². The monoisotopic (exact) mass is 606 g/mol. The van der Waals surface area contributed by atoms with Crippen molar-refractivity contribution in [1.29, 1.82) is 0 Å². The van der Waals surface area contributed by atoms with E-state index in [1.165, 1.54) is 95.2 Å². The Morgan fingerprint density at radius 2 is 1.46 bits per heavy atom. The summed E-state index contributed by atoms with van der Waals surface area (Å²) >= 11 is 0. The average Bonchev–Trinajstić information content (AvgIpc) is 3.91. The highest BCUT2D eigenvalue weighted by molar-refractivity contribution is 5.92. The fourth-order valence-corrected chi connectivity index (χ4v) is 8.55. The van der Waals surface area contributed by atoms with Gasteiger partial charge in [0.2, 0.25) is 0 Å². The second kappa shape index (κ2) is 11.4. The van der Waals surface area contributed by atoms with Crippen LogP contribution in [0.5, 0.6) is 0 Å². The SMILES string of the molecule is CC1c2cc(-c3cnc(C4CCCN4)[nH]3)ccc2-c2cc3cc(-c4cnc(C5CCCCCC5)[nH]4)ccc3n2C1c1ccccc1. The van der Waals surface area contributed by atoms with Gasteiger partial charge in [0.15, 0.2) is 0 Å². The minimum absolute atomic E-state index is 0.191. The molecule has 1 saturated carbocycles. The van der Waals surface area contributed by atoms with Gasteiger partial charge in [0.25, 0.3) is 0 Å². The summed E-state index contributed by atoms with van der Waals surface area (Å²) in [4.78, 5) is 17.0. The number of imidazole rings is 2.